The van der Waals surface area contributed by atoms with Crippen LogP contribution in [0.3, 0.4) is 0 Å². The van der Waals surface area contributed by atoms with E-state index in [2.05, 4.69) is 4.74 Å². The lowest BCUT2D eigenvalue weighted by Crippen LogP contribution is -2.17. The van der Waals surface area contributed by atoms with Crippen molar-refractivity contribution in [3.63, 3.8) is 0 Å². The Morgan fingerprint density at radius 1 is 1.20 bits per heavy atom. The van der Waals surface area contributed by atoms with E-state index in [1.165, 1.54) is 0 Å². The maximum atomic E-state index is 12.1. The third-order valence-corrected chi connectivity index (χ3v) is 1.73. The molecule has 1 aromatic rings. The Kier molecular flexibility index (Phi) is 3.38. The molecule has 1 rings (SSSR count). The monoisotopic (exact) mass is 246 g/mol. The normalized spacial score (nSPS) is 11.9. The molecule has 0 atom stereocenters. The molecule has 0 aliphatic carbocycles. The first-order valence-electron chi connectivity index (χ1n) is 3.63. The first-order valence-corrected chi connectivity index (χ1v) is 4.01. The van der Waals surface area contributed by atoms with Gasteiger partial charge >= 0.3 is 6.36 Å². The van der Waals surface area contributed by atoms with Crippen molar-refractivity contribution in [3.8, 4) is 5.75 Å². The van der Waals surface area contributed by atoms with Gasteiger partial charge in [-0.3, -0.25) is 0 Å². The molecule has 0 unspecified atom stereocenters. The summed E-state index contributed by atoms with van der Waals surface area (Å²) in [6, 6.07) is 2.29. The van der Waals surface area contributed by atoms with Gasteiger partial charge in [0, 0.05) is 5.56 Å². The zero-order valence-corrected chi connectivity index (χ0v) is 7.74. The summed E-state index contributed by atoms with van der Waals surface area (Å²) in [5.41, 5.74) is -0.463. The second-order valence-corrected chi connectivity index (χ2v) is 2.95. The van der Waals surface area contributed by atoms with Crippen molar-refractivity contribution in [1.82, 2.24) is 0 Å². The summed E-state index contributed by atoms with van der Waals surface area (Å²) in [5.74, 6) is -0.700. The predicted octanol–water partition coefficient (Wildman–Crippen LogP) is 4.18. The van der Waals surface area contributed by atoms with Crippen LogP contribution < -0.4 is 4.74 Å². The van der Waals surface area contributed by atoms with Crippen LogP contribution in [0.1, 0.15) is 12.0 Å². The molecule has 0 spiro atoms. The summed E-state index contributed by atoms with van der Waals surface area (Å²) in [6.07, 6.45) is -7.68. The van der Waals surface area contributed by atoms with Crippen LogP contribution in [0, 0.1) is 0 Å². The third kappa shape index (κ3) is 3.54. The predicted molar refractivity (Wildman–Crippen MR) is 43.1 cm³/mol. The highest BCUT2D eigenvalue weighted by molar-refractivity contribution is 6.32. The van der Waals surface area contributed by atoms with Crippen molar-refractivity contribution in [2.75, 3.05) is 0 Å². The molecule has 0 heterocycles. The third-order valence-electron chi connectivity index (χ3n) is 1.43. The van der Waals surface area contributed by atoms with E-state index in [0.29, 0.717) is 0 Å². The molecule has 0 aliphatic rings. The topological polar surface area (TPSA) is 9.23 Å². The fourth-order valence-corrected chi connectivity index (χ4v) is 1.09. The molecule has 0 saturated heterocycles. The second kappa shape index (κ2) is 4.22. The van der Waals surface area contributed by atoms with Crippen molar-refractivity contribution in [2.24, 2.45) is 0 Å². The van der Waals surface area contributed by atoms with Crippen LogP contribution in [0.15, 0.2) is 18.2 Å². The first-order chi connectivity index (χ1) is 6.79. The Bertz CT molecular complexity index is 349. The van der Waals surface area contributed by atoms with Gasteiger partial charge in [-0.05, 0) is 18.2 Å². The van der Waals surface area contributed by atoms with Gasteiger partial charge in [0.05, 0.1) is 5.02 Å². The van der Waals surface area contributed by atoms with E-state index in [0.717, 1.165) is 18.2 Å². The first kappa shape index (κ1) is 12.0. The van der Waals surface area contributed by atoms with Crippen molar-refractivity contribution in [1.29, 1.82) is 0 Å². The lowest BCUT2D eigenvalue weighted by molar-refractivity contribution is -0.274. The molecule has 0 aromatic heterocycles. The number of rotatable bonds is 2. The number of hydrogen-bond donors (Lipinski definition) is 0. The van der Waals surface area contributed by atoms with E-state index in [1.54, 1.807) is 0 Å². The standard InChI is InChI=1S/C8H4ClF5O/c9-5-3-4(7(10)11)1-2-6(5)15-8(12,13)14/h1-3,7H. The average Bonchev–Trinajstić information content (AvgIpc) is 2.05. The summed E-state index contributed by atoms with van der Waals surface area (Å²) < 4.78 is 62.9. The second-order valence-electron chi connectivity index (χ2n) is 2.54. The van der Waals surface area contributed by atoms with E-state index in [9.17, 15) is 22.0 Å². The van der Waals surface area contributed by atoms with Crippen molar-refractivity contribution in [3.05, 3.63) is 28.8 Å². The van der Waals surface area contributed by atoms with Gasteiger partial charge in [0.15, 0.2) is 0 Å². The zero-order valence-electron chi connectivity index (χ0n) is 6.99. The van der Waals surface area contributed by atoms with Crippen molar-refractivity contribution >= 4 is 11.6 Å². The lowest BCUT2D eigenvalue weighted by atomic mass is 10.2. The number of benzene rings is 1. The van der Waals surface area contributed by atoms with E-state index in [4.69, 9.17) is 11.6 Å². The molecule has 0 saturated carbocycles. The Balaban J connectivity index is 2.94. The summed E-state index contributed by atoms with van der Waals surface area (Å²) in [4.78, 5) is 0. The van der Waals surface area contributed by atoms with Crippen LogP contribution in [-0.4, -0.2) is 6.36 Å². The Morgan fingerprint density at radius 3 is 2.20 bits per heavy atom. The highest BCUT2D eigenvalue weighted by Gasteiger charge is 2.32. The summed E-state index contributed by atoms with van der Waals surface area (Å²) in [6.45, 7) is 0. The Morgan fingerprint density at radius 2 is 1.80 bits per heavy atom. The SMILES string of the molecule is FC(F)c1ccc(OC(F)(F)F)c(Cl)c1. The van der Waals surface area contributed by atoms with Gasteiger partial charge in [-0.1, -0.05) is 11.6 Å². The lowest BCUT2D eigenvalue weighted by Gasteiger charge is -2.10. The molecule has 1 nitrogen and oxygen atoms in total. The summed E-state index contributed by atoms with van der Waals surface area (Å²) in [7, 11) is 0. The molecule has 0 N–H and O–H groups in total. The van der Waals surface area contributed by atoms with E-state index >= 15 is 0 Å². The molecule has 1 aromatic carbocycles. The number of ether oxygens (including phenoxy) is 1. The molecule has 7 heteroatoms. The van der Waals surface area contributed by atoms with Gasteiger partial charge in [-0.15, -0.1) is 13.2 Å². The summed E-state index contributed by atoms with van der Waals surface area (Å²) >= 11 is 5.32. The van der Waals surface area contributed by atoms with Gasteiger partial charge < -0.3 is 4.74 Å². The maximum Gasteiger partial charge on any atom is 0.573 e. The van der Waals surface area contributed by atoms with Gasteiger partial charge in [0.2, 0.25) is 0 Å². The maximum absolute atomic E-state index is 12.1. The number of halogens is 6. The molecular weight excluding hydrogens is 243 g/mol. The van der Waals surface area contributed by atoms with Gasteiger partial charge in [-0.25, -0.2) is 8.78 Å². The van der Waals surface area contributed by atoms with Crippen molar-refractivity contribution < 1.29 is 26.7 Å². The van der Waals surface area contributed by atoms with Crippen LogP contribution >= 0.6 is 11.6 Å². The molecule has 0 bridgehead atoms. The van der Waals surface area contributed by atoms with Crippen LogP contribution in [0.2, 0.25) is 5.02 Å². The zero-order chi connectivity index (χ0) is 11.6. The van der Waals surface area contributed by atoms with Crippen LogP contribution in [0.5, 0.6) is 5.75 Å². The minimum Gasteiger partial charge on any atom is -0.404 e. The Labute approximate surface area is 86.4 Å². The summed E-state index contributed by atoms with van der Waals surface area (Å²) in [5, 5.41) is -0.509. The van der Waals surface area contributed by atoms with Crippen LogP contribution in [0.4, 0.5) is 22.0 Å². The van der Waals surface area contributed by atoms with E-state index < -0.39 is 29.1 Å². The molecule has 0 amide bonds. The highest BCUT2D eigenvalue weighted by atomic mass is 35.5. The Hall–Kier alpha value is -1.04. The minimum atomic E-state index is -4.89. The van der Waals surface area contributed by atoms with Crippen LogP contribution in [-0.2, 0) is 0 Å². The fourth-order valence-electron chi connectivity index (χ4n) is 0.860. The van der Waals surface area contributed by atoms with Crippen molar-refractivity contribution in [2.45, 2.75) is 12.8 Å². The molecule has 15 heavy (non-hydrogen) atoms. The largest absolute Gasteiger partial charge is 0.573 e. The smallest absolute Gasteiger partial charge is 0.404 e. The van der Waals surface area contributed by atoms with Crippen LogP contribution in [0.25, 0.3) is 0 Å². The molecular formula is C8H4ClF5O. The van der Waals surface area contributed by atoms with Gasteiger partial charge in [0.25, 0.3) is 6.43 Å². The molecule has 0 fully saturated rings. The highest BCUT2D eigenvalue weighted by Crippen LogP contribution is 2.33. The average molecular weight is 247 g/mol. The van der Waals surface area contributed by atoms with Gasteiger partial charge in [0.1, 0.15) is 5.75 Å². The van der Waals surface area contributed by atoms with Gasteiger partial charge in [-0.2, -0.15) is 0 Å². The molecule has 0 radical (unpaired) electrons. The van der Waals surface area contributed by atoms with E-state index in [1.807, 2.05) is 0 Å². The molecule has 0 aliphatic heterocycles. The quantitative estimate of drug-likeness (QED) is 0.712. The number of hydrogen-bond acceptors (Lipinski definition) is 1. The fraction of sp³-hybridized carbons (Fsp3) is 0.250. The molecule has 84 valence electrons. The van der Waals surface area contributed by atoms with E-state index in [-0.39, 0.29) is 0 Å². The minimum absolute atomic E-state index is 0.463. The number of alkyl halides is 5.